The minimum atomic E-state index is -0.489. The Labute approximate surface area is 140 Å². The summed E-state index contributed by atoms with van der Waals surface area (Å²) < 4.78 is 11.1. The van der Waals surface area contributed by atoms with Crippen molar-refractivity contribution in [1.82, 2.24) is 5.32 Å². The van der Waals surface area contributed by atoms with Crippen LogP contribution in [0.5, 0.6) is 5.75 Å². The number of benzene rings is 1. The van der Waals surface area contributed by atoms with Crippen molar-refractivity contribution >= 4 is 6.09 Å². The minimum Gasteiger partial charge on any atom is -0.493 e. The van der Waals surface area contributed by atoms with E-state index in [0.717, 1.165) is 17.9 Å². The topological polar surface area (TPSA) is 47.6 Å². The summed E-state index contributed by atoms with van der Waals surface area (Å²) in [5.41, 5.74) is 0.529. The predicted octanol–water partition coefficient (Wildman–Crippen LogP) is 5.09. The Morgan fingerprint density at radius 1 is 1.17 bits per heavy atom. The predicted molar refractivity (Wildman–Crippen MR) is 93.8 cm³/mol. The van der Waals surface area contributed by atoms with Gasteiger partial charge in [0.15, 0.2) is 0 Å². The van der Waals surface area contributed by atoms with Crippen LogP contribution in [0.3, 0.4) is 0 Å². The highest BCUT2D eigenvalue weighted by atomic mass is 16.6. The van der Waals surface area contributed by atoms with E-state index in [1.165, 1.54) is 12.8 Å². The van der Waals surface area contributed by atoms with Gasteiger partial charge in [0.25, 0.3) is 0 Å². The maximum atomic E-state index is 11.8. The van der Waals surface area contributed by atoms with Crippen molar-refractivity contribution in [3.63, 3.8) is 0 Å². The van der Waals surface area contributed by atoms with Gasteiger partial charge in [-0.3, -0.25) is 0 Å². The average Bonchev–Trinajstić information content (AvgIpc) is 2.44. The molecule has 1 unspecified atom stereocenters. The second-order valence-corrected chi connectivity index (χ2v) is 7.14. The molecule has 0 aliphatic rings. The number of rotatable bonds is 7. The molecule has 2 atom stereocenters. The summed E-state index contributed by atoms with van der Waals surface area (Å²) in [5, 5.41) is 2.84. The molecule has 0 aliphatic carbocycles. The number of carbonyl (C=O) groups is 1. The molecule has 1 aromatic carbocycles. The van der Waals surface area contributed by atoms with Crippen molar-refractivity contribution < 1.29 is 14.3 Å². The highest BCUT2D eigenvalue weighted by Gasteiger charge is 2.18. The molecule has 130 valence electrons. The third kappa shape index (κ3) is 7.91. The molecule has 1 aromatic rings. The number of ether oxygens (including phenoxy) is 2. The van der Waals surface area contributed by atoms with E-state index in [-0.39, 0.29) is 6.04 Å². The SMILES string of the molecule is CCCC(C)COc1ccc([C@@H](C)NC(=O)OC(C)(C)C)cc1. The molecule has 1 N–H and O–H groups in total. The molecule has 0 spiro atoms. The third-order valence-corrected chi connectivity index (χ3v) is 3.43. The first-order chi connectivity index (χ1) is 10.7. The Hall–Kier alpha value is -1.71. The van der Waals surface area contributed by atoms with Gasteiger partial charge in [0.1, 0.15) is 11.4 Å². The summed E-state index contributed by atoms with van der Waals surface area (Å²) in [4.78, 5) is 11.8. The van der Waals surface area contributed by atoms with Gasteiger partial charge >= 0.3 is 6.09 Å². The van der Waals surface area contributed by atoms with Crippen LogP contribution in [0, 0.1) is 5.92 Å². The normalized spacial score (nSPS) is 14.0. The lowest BCUT2D eigenvalue weighted by molar-refractivity contribution is 0.0508. The molecule has 0 saturated heterocycles. The third-order valence-electron chi connectivity index (χ3n) is 3.43. The molecular formula is C19H31NO3. The van der Waals surface area contributed by atoms with Crippen LogP contribution in [0.15, 0.2) is 24.3 Å². The molecule has 0 heterocycles. The fourth-order valence-corrected chi connectivity index (χ4v) is 2.24. The van der Waals surface area contributed by atoms with Crippen LogP contribution in [-0.2, 0) is 4.74 Å². The van der Waals surface area contributed by atoms with Crippen molar-refractivity contribution in [2.75, 3.05) is 6.61 Å². The van der Waals surface area contributed by atoms with Crippen LogP contribution in [0.25, 0.3) is 0 Å². The lowest BCUT2D eigenvalue weighted by Gasteiger charge is -2.22. The summed E-state index contributed by atoms with van der Waals surface area (Å²) in [5.74, 6) is 1.42. The van der Waals surface area contributed by atoms with Crippen LogP contribution in [-0.4, -0.2) is 18.3 Å². The van der Waals surface area contributed by atoms with Gasteiger partial charge in [0.05, 0.1) is 12.6 Å². The van der Waals surface area contributed by atoms with Crippen LogP contribution >= 0.6 is 0 Å². The summed E-state index contributed by atoms with van der Waals surface area (Å²) >= 11 is 0. The summed E-state index contributed by atoms with van der Waals surface area (Å²) in [6.45, 7) is 12.6. The fraction of sp³-hybridized carbons (Fsp3) is 0.632. The van der Waals surface area contributed by atoms with Crippen LogP contribution in [0.1, 0.15) is 66.0 Å². The Kier molecular flexibility index (Phi) is 7.40. The van der Waals surface area contributed by atoms with Crippen LogP contribution in [0.2, 0.25) is 0 Å². The molecule has 0 aromatic heterocycles. The molecule has 4 nitrogen and oxygen atoms in total. The molecule has 23 heavy (non-hydrogen) atoms. The molecule has 0 bridgehead atoms. The number of hydrogen-bond donors (Lipinski definition) is 1. The van der Waals surface area contributed by atoms with E-state index in [1.54, 1.807) is 0 Å². The number of nitrogens with one attached hydrogen (secondary N) is 1. The van der Waals surface area contributed by atoms with Crippen molar-refractivity contribution in [2.45, 2.75) is 66.0 Å². The van der Waals surface area contributed by atoms with E-state index in [0.29, 0.717) is 5.92 Å². The van der Waals surface area contributed by atoms with Crippen LogP contribution < -0.4 is 10.1 Å². The lowest BCUT2D eigenvalue weighted by atomic mass is 10.1. The van der Waals surface area contributed by atoms with E-state index in [9.17, 15) is 4.79 Å². The smallest absolute Gasteiger partial charge is 0.408 e. The molecular weight excluding hydrogens is 290 g/mol. The molecule has 0 aliphatic heterocycles. The first-order valence-electron chi connectivity index (χ1n) is 8.43. The second kappa shape index (κ2) is 8.80. The van der Waals surface area contributed by atoms with Gasteiger partial charge < -0.3 is 14.8 Å². The summed E-state index contributed by atoms with van der Waals surface area (Å²) in [6.07, 6.45) is 1.95. The maximum Gasteiger partial charge on any atom is 0.408 e. The Bertz CT molecular complexity index is 476. The molecule has 1 rings (SSSR count). The lowest BCUT2D eigenvalue weighted by Crippen LogP contribution is -2.34. The number of hydrogen-bond acceptors (Lipinski definition) is 3. The summed E-state index contributed by atoms with van der Waals surface area (Å²) in [7, 11) is 0. The van der Waals surface area contributed by atoms with Gasteiger partial charge in [0, 0.05) is 0 Å². The van der Waals surface area contributed by atoms with E-state index in [4.69, 9.17) is 9.47 Å². The monoisotopic (exact) mass is 321 g/mol. The zero-order valence-corrected chi connectivity index (χ0v) is 15.3. The average molecular weight is 321 g/mol. The van der Waals surface area contributed by atoms with Gasteiger partial charge in [-0.25, -0.2) is 4.79 Å². The van der Waals surface area contributed by atoms with Crippen molar-refractivity contribution in [3.8, 4) is 5.75 Å². The zero-order chi connectivity index (χ0) is 17.5. The van der Waals surface area contributed by atoms with Gasteiger partial charge in [-0.2, -0.15) is 0 Å². The van der Waals surface area contributed by atoms with Crippen molar-refractivity contribution in [1.29, 1.82) is 0 Å². The zero-order valence-electron chi connectivity index (χ0n) is 15.3. The van der Waals surface area contributed by atoms with Gasteiger partial charge in [-0.15, -0.1) is 0 Å². The molecule has 4 heteroatoms. The molecule has 1 amide bonds. The van der Waals surface area contributed by atoms with Gasteiger partial charge in [0.2, 0.25) is 0 Å². The van der Waals surface area contributed by atoms with E-state index < -0.39 is 11.7 Å². The molecule has 0 saturated carbocycles. The van der Waals surface area contributed by atoms with E-state index >= 15 is 0 Å². The summed E-state index contributed by atoms with van der Waals surface area (Å²) in [6, 6.07) is 7.73. The first-order valence-corrected chi connectivity index (χ1v) is 8.43. The number of carbonyl (C=O) groups excluding carboxylic acids is 1. The quantitative estimate of drug-likeness (QED) is 0.761. The Balaban J connectivity index is 2.50. The highest BCUT2D eigenvalue weighted by molar-refractivity contribution is 5.68. The van der Waals surface area contributed by atoms with Crippen molar-refractivity contribution in [2.24, 2.45) is 5.92 Å². The van der Waals surface area contributed by atoms with Gasteiger partial charge in [-0.05, 0) is 57.7 Å². The number of amides is 1. The Morgan fingerprint density at radius 3 is 2.30 bits per heavy atom. The van der Waals surface area contributed by atoms with Gasteiger partial charge in [-0.1, -0.05) is 32.4 Å². The van der Waals surface area contributed by atoms with E-state index in [1.807, 2.05) is 52.0 Å². The maximum absolute atomic E-state index is 11.8. The van der Waals surface area contributed by atoms with E-state index in [2.05, 4.69) is 19.2 Å². The molecule has 0 fully saturated rings. The highest BCUT2D eigenvalue weighted by Crippen LogP contribution is 2.19. The minimum absolute atomic E-state index is 0.113. The van der Waals surface area contributed by atoms with Crippen molar-refractivity contribution in [3.05, 3.63) is 29.8 Å². The first kappa shape index (κ1) is 19.3. The molecule has 0 radical (unpaired) electrons. The van der Waals surface area contributed by atoms with Crippen LogP contribution in [0.4, 0.5) is 4.79 Å². The Morgan fingerprint density at radius 2 is 1.78 bits per heavy atom. The standard InChI is InChI=1S/C19H31NO3/c1-7-8-14(2)13-22-17-11-9-16(10-12-17)15(3)20-18(21)23-19(4,5)6/h9-12,14-15H,7-8,13H2,1-6H3,(H,20,21)/t14?,15-/m1/s1. The number of alkyl carbamates (subject to hydrolysis) is 1. The largest absolute Gasteiger partial charge is 0.493 e. The second-order valence-electron chi connectivity index (χ2n) is 7.14. The fourth-order valence-electron chi connectivity index (χ4n) is 2.24.